The number of rotatable bonds is 3. The summed E-state index contributed by atoms with van der Waals surface area (Å²) < 4.78 is 27.7. The molecule has 0 amide bonds. The van der Waals surface area contributed by atoms with Gasteiger partial charge in [0.1, 0.15) is 11.3 Å². The topological polar surface area (TPSA) is 67.1 Å². The van der Waals surface area contributed by atoms with Crippen molar-refractivity contribution in [3.05, 3.63) is 53.8 Å². The Labute approximate surface area is 142 Å². The quantitative estimate of drug-likeness (QED) is 0.730. The number of Topliss-reactive ketones (excluding diaryl/α,β-unsaturated/α-hetero) is 1. The third-order valence-corrected chi connectivity index (χ3v) is 4.65. The van der Waals surface area contributed by atoms with E-state index in [4.69, 9.17) is 23.4 Å². The molecule has 0 fully saturated rings. The lowest BCUT2D eigenvalue weighted by Gasteiger charge is -2.25. The highest BCUT2D eigenvalue weighted by molar-refractivity contribution is 6.11. The highest BCUT2D eigenvalue weighted by atomic mass is 16.7. The normalized spacial score (nSPS) is 20.8. The van der Waals surface area contributed by atoms with Crippen LogP contribution in [0.5, 0.6) is 17.2 Å². The number of carbonyl (C=O) groups excluding carboxylic acids is 1. The molecular formula is C19H14O6. The van der Waals surface area contributed by atoms with E-state index in [1.807, 2.05) is 18.2 Å². The second kappa shape index (κ2) is 5.00. The molecule has 1 atom stereocenters. The minimum absolute atomic E-state index is 0.202. The molecule has 2 aliphatic rings. The molecule has 2 aliphatic heterocycles. The molecule has 3 heterocycles. The lowest BCUT2D eigenvalue weighted by atomic mass is 9.98. The zero-order valence-corrected chi connectivity index (χ0v) is 13.4. The summed E-state index contributed by atoms with van der Waals surface area (Å²) in [5, 5.41) is 0.760. The number of ketones is 1. The van der Waals surface area contributed by atoms with Gasteiger partial charge in [0.2, 0.25) is 12.6 Å². The molecule has 0 saturated carbocycles. The molecule has 6 nitrogen and oxygen atoms in total. The van der Waals surface area contributed by atoms with Crippen molar-refractivity contribution < 1.29 is 28.2 Å². The molecule has 6 heteroatoms. The van der Waals surface area contributed by atoms with Gasteiger partial charge in [-0.05, 0) is 35.9 Å². The number of hydrogen-bond acceptors (Lipinski definition) is 6. The maximum absolute atomic E-state index is 13.0. The third kappa shape index (κ3) is 1.97. The van der Waals surface area contributed by atoms with Gasteiger partial charge in [-0.25, -0.2) is 0 Å². The van der Waals surface area contributed by atoms with Gasteiger partial charge in [0.25, 0.3) is 5.79 Å². The van der Waals surface area contributed by atoms with Gasteiger partial charge in [-0.15, -0.1) is 0 Å². The first-order chi connectivity index (χ1) is 12.2. The Hall–Kier alpha value is -2.99. The Morgan fingerprint density at radius 3 is 2.88 bits per heavy atom. The first-order valence-corrected chi connectivity index (χ1v) is 7.88. The van der Waals surface area contributed by atoms with Crippen LogP contribution in [0.2, 0.25) is 0 Å². The van der Waals surface area contributed by atoms with Crippen LogP contribution in [0.25, 0.3) is 11.0 Å². The summed E-state index contributed by atoms with van der Waals surface area (Å²) in [5.74, 6) is 0.243. The predicted molar refractivity (Wildman–Crippen MR) is 87.2 cm³/mol. The minimum atomic E-state index is -1.40. The second-order valence-corrected chi connectivity index (χ2v) is 6.03. The van der Waals surface area contributed by atoms with Crippen molar-refractivity contribution in [3.8, 4) is 17.2 Å². The summed E-state index contributed by atoms with van der Waals surface area (Å²) >= 11 is 0. The van der Waals surface area contributed by atoms with Crippen molar-refractivity contribution in [2.75, 3.05) is 13.9 Å². The number of benzene rings is 2. The molecule has 0 N–H and O–H groups in total. The number of hydrogen-bond donors (Lipinski definition) is 0. The Bertz CT molecular complexity index is 1000. The molecule has 0 spiro atoms. The van der Waals surface area contributed by atoms with E-state index in [-0.39, 0.29) is 19.0 Å². The monoisotopic (exact) mass is 338 g/mol. The molecular weight excluding hydrogens is 324 g/mol. The fourth-order valence-corrected chi connectivity index (χ4v) is 3.37. The van der Waals surface area contributed by atoms with Crippen molar-refractivity contribution in [2.24, 2.45) is 0 Å². The van der Waals surface area contributed by atoms with E-state index in [9.17, 15) is 4.79 Å². The van der Waals surface area contributed by atoms with Gasteiger partial charge in [-0.3, -0.25) is 4.79 Å². The van der Waals surface area contributed by atoms with E-state index in [2.05, 4.69) is 0 Å². The number of carbonyl (C=O) groups is 1. The Balaban J connectivity index is 1.55. The third-order valence-electron chi connectivity index (χ3n) is 4.65. The molecule has 0 aliphatic carbocycles. The molecule has 2 aromatic carbocycles. The SMILES string of the molecule is COC1(Cc2ccc3c(c2)OCO3)Oc2c(ccc3occc23)C1=O. The van der Waals surface area contributed by atoms with Crippen LogP contribution >= 0.6 is 0 Å². The van der Waals surface area contributed by atoms with Gasteiger partial charge in [0.05, 0.1) is 17.2 Å². The van der Waals surface area contributed by atoms with Crippen LogP contribution in [0.15, 0.2) is 47.1 Å². The van der Waals surface area contributed by atoms with Crippen molar-refractivity contribution in [1.82, 2.24) is 0 Å². The van der Waals surface area contributed by atoms with Crippen LogP contribution in [0.1, 0.15) is 15.9 Å². The van der Waals surface area contributed by atoms with Crippen LogP contribution < -0.4 is 14.2 Å². The standard InChI is InChI=1S/C19H14O6/c1-21-19(9-11-2-4-15-16(8-11)24-10-23-15)18(20)13-3-5-14-12(6-7-22-14)17(13)25-19/h2-8H,9-10H2,1H3. The smallest absolute Gasteiger partial charge is 0.279 e. The molecule has 1 aromatic heterocycles. The van der Waals surface area contributed by atoms with E-state index in [0.717, 1.165) is 10.9 Å². The first-order valence-electron chi connectivity index (χ1n) is 7.88. The summed E-state index contributed by atoms with van der Waals surface area (Å²) in [4.78, 5) is 13.0. The van der Waals surface area contributed by atoms with Gasteiger partial charge >= 0.3 is 0 Å². The molecule has 25 heavy (non-hydrogen) atoms. The highest BCUT2D eigenvalue weighted by Crippen LogP contribution is 2.43. The van der Waals surface area contributed by atoms with Crippen molar-refractivity contribution in [3.63, 3.8) is 0 Å². The summed E-state index contributed by atoms with van der Waals surface area (Å²) in [7, 11) is 1.48. The average molecular weight is 338 g/mol. The fraction of sp³-hybridized carbons (Fsp3) is 0.211. The fourth-order valence-electron chi connectivity index (χ4n) is 3.37. The minimum Gasteiger partial charge on any atom is -0.464 e. The highest BCUT2D eigenvalue weighted by Gasteiger charge is 2.49. The second-order valence-electron chi connectivity index (χ2n) is 6.03. The lowest BCUT2D eigenvalue weighted by molar-refractivity contribution is -0.116. The first kappa shape index (κ1) is 14.4. The van der Waals surface area contributed by atoms with Gasteiger partial charge in [0.15, 0.2) is 11.5 Å². The van der Waals surface area contributed by atoms with E-state index in [1.165, 1.54) is 7.11 Å². The molecule has 0 bridgehead atoms. The maximum atomic E-state index is 13.0. The molecule has 0 radical (unpaired) electrons. The summed E-state index contributed by atoms with van der Waals surface area (Å²) in [5.41, 5.74) is 2.02. The van der Waals surface area contributed by atoms with Crippen LogP contribution in [0.3, 0.4) is 0 Å². The molecule has 3 aromatic rings. The van der Waals surface area contributed by atoms with Crippen molar-refractivity contribution >= 4 is 16.8 Å². The zero-order chi connectivity index (χ0) is 17.0. The van der Waals surface area contributed by atoms with Crippen LogP contribution in [-0.4, -0.2) is 25.5 Å². The van der Waals surface area contributed by atoms with E-state index < -0.39 is 5.79 Å². The zero-order valence-electron chi connectivity index (χ0n) is 13.4. The average Bonchev–Trinajstić information content (AvgIpc) is 3.33. The molecule has 0 saturated heterocycles. The van der Waals surface area contributed by atoms with Crippen LogP contribution in [-0.2, 0) is 11.2 Å². The van der Waals surface area contributed by atoms with Gasteiger partial charge in [0, 0.05) is 13.5 Å². The Kier molecular flexibility index (Phi) is 2.87. The maximum Gasteiger partial charge on any atom is 0.279 e. The van der Waals surface area contributed by atoms with Crippen LogP contribution in [0.4, 0.5) is 0 Å². The van der Waals surface area contributed by atoms with Gasteiger partial charge < -0.3 is 23.4 Å². The van der Waals surface area contributed by atoms with Gasteiger partial charge in [-0.2, -0.15) is 0 Å². The number of methoxy groups -OCH3 is 1. The molecule has 5 rings (SSSR count). The summed E-state index contributed by atoms with van der Waals surface area (Å²) in [6, 6.07) is 10.8. The molecule has 1 unspecified atom stereocenters. The van der Waals surface area contributed by atoms with Crippen LogP contribution in [0, 0.1) is 0 Å². The summed E-state index contributed by atoms with van der Waals surface area (Å²) in [6.07, 6.45) is 1.83. The van der Waals surface area contributed by atoms with E-state index >= 15 is 0 Å². The lowest BCUT2D eigenvalue weighted by Crippen LogP contribution is -2.44. The van der Waals surface area contributed by atoms with Crippen molar-refractivity contribution in [1.29, 1.82) is 0 Å². The number of ether oxygens (including phenoxy) is 4. The number of fused-ring (bicyclic) bond motifs is 4. The summed E-state index contributed by atoms with van der Waals surface area (Å²) in [6.45, 7) is 0.202. The van der Waals surface area contributed by atoms with Gasteiger partial charge in [-0.1, -0.05) is 6.07 Å². The predicted octanol–water partition coefficient (Wildman–Crippen LogP) is 3.32. The van der Waals surface area contributed by atoms with E-state index in [0.29, 0.717) is 28.4 Å². The Morgan fingerprint density at radius 2 is 2.00 bits per heavy atom. The largest absolute Gasteiger partial charge is 0.464 e. The number of furan rings is 1. The van der Waals surface area contributed by atoms with Crippen molar-refractivity contribution in [2.45, 2.75) is 12.2 Å². The van der Waals surface area contributed by atoms with E-state index in [1.54, 1.807) is 24.5 Å². The Morgan fingerprint density at radius 1 is 1.12 bits per heavy atom. The molecule has 126 valence electrons.